The Hall–Kier alpha value is -1.60. The summed E-state index contributed by atoms with van der Waals surface area (Å²) in [7, 11) is -1.99. The molecule has 0 unspecified atom stereocenters. The number of nitrogens with zero attached hydrogens (tertiary/aromatic N) is 2. The molecule has 0 aliphatic carbocycles. The van der Waals surface area contributed by atoms with Gasteiger partial charge in [0.2, 0.25) is 0 Å². The summed E-state index contributed by atoms with van der Waals surface area (Å²) in [5.74, 6) is 0.497. The van der Waals surface area contributed by atoms with E-state index in [1.807, 2.05) is 0 Å². The normalized spacial score (nSPS) is 17.6. The second kappa shape index (κ2) is 6.03. The van der Waals surface area contributed by atoms with Gasteiger partial charge in [-0.2, -0.15) is 12.7 Å². The summed E-state index contributed by atoms with van der Waals surface area (Å²) in [6.07, 6.45) is 1.78. The van der Waals surface area contributed by atoms with Crippen LogP contribution in [0.2, 0.25) is 0 Å². The monoisotopic (exact) mass is 310 g/mol. The van der Waals surface area contributed by atoms with Crippen LogP contribution in [0.15, 0.2) is 24.3 Å². The fourth-order valence-electron chi connectivity index (χ4n) is 2.39. The van der Waals surface area contributed by atoms with E-state index in [1.165, 1.54) is 15.7 Å². The Kier molecular flexibility index (Phi) is 4.53. The van der Waals surface area contributed by atoms with Gasteiger partial charge in [-0.15, -0.1) is 0 Å². The summed E-state index contributed by atoms with van der Waals surface area (Å²) in [5.41, 5.74) is 6.49. The molecule has 7 heteroatoms. The molecule has 1 aliphatic heterocycles. The number of amidine groups is 1. The first-order valence-corrected chi connectivity index (χ1v) is 8.40. The number of nitrogens with one attached hydrogen (secondary N) is 1. The van der Waals surface area contributed by atoms with Gasteiger partial charge in [0.1, 0.15) is 5.84 Å². The van der Waals surface area contributed by atoms with Gasteiger partial charge in [0.15, 0.2) is 0 Å². The van der Waals surface area contributed by atoms with Crippen molar-refractivity contribution in [2.24, 2.45) is 11.7 Å². The average Bonchev–Trinajstić information content (AvgIpc) is 2.47. The van der Waals surface area contributed by atoms with Crippen molar-refractivity contribution in [1.29, 1.82) is 5.41 Å². The molecule has 3 N–H and O–H groups in total. The average molecular weight is 310 g/mol. The standard InChI is InChI=1S/C14H22N4O2S/c1-11-6-8-18(9-7-11)21(19,20)17(2)13-5-3-4-12(10-13)14(15)16/h3-5,10-11H,6-9H2,1-2H3,(H3,15,16). The Labute approximate surface area is 126 Å². The second-order valence-corrected chi connectivity index (χ2v) is 7.48. The molecule has 0 spiro atoms. The maximum Gasteiger partial charge on any atom is 0.303 e. The van der Waals surface area contributed by atoms with E-state index in [2.05, 4.69) is 6.92 Å². The first kappa shape index (κ1) is 15.8. The summed E-state index contributed by atoms with van der Waals surface area (Å²) in [6.45, 7) is 3.25. The molecule has 0 amide bonds. The molecule has 0 aromatic heterocycles. The minimum absolute atomic E-state index is 0.0746. The quantitative estimate of drug-likeness (QED) is 0.650. The van der Waals surface area contributed by atoms with Crippen LogP contribution in [-0.2, 0) is 10.2 Å². The van der Waals surface area contributed by atoms with Crippen molar-refractivity contribution in [1.82, 2.24) is 4.31 Å². The van der Waals surface area contributed by atoms with Crippen LogP contribution in [0.3, 0.4) is 0 Å². The number of benzene rings is 1. The van der Waals surface area contributed by atoms with Gasteiger partial charge < -0.3 is 5.73 Å². The molecular formula is C14H22N4O2S. The molecule has 0 atom stereocenters. The molecule has 21 heavy (non-hydrogen) atoms. The van der Waals surface area contributed by atoms with Crippen molar-refractivity contribution < 1.29 is 8.42 Å². The lowest BCUT2D eigenvalue weighted by molar-refractivity contribution is 0.287. The molecule has 1 saturated heterocycles. The van der Waals surface area contributed by atoms with Crippen LogP contribution in [0, 0.1) is 11.3 Å². The maximum atomic E-state index is 12.6. The Morgan fingerprint density at radius 2 is 2.00 bits per heavy atom. The van der Waals surface area contributed by atoms with Crippen LogP contribution in [-0.4, -0.2) is 38.7 Å². The minimum Gasteiger partial charge on any atom is -0.384 e. The van der Waals surface area contributed by atoms with Crippen LogP contribution < -0.4 is 10.0 Å². The Bertz CT molecular complexity index is 622. The largest absolute Gasteiger partial charge is 0.384 e. The van der Waals surface area contributed by atoms with E-state index >= 15 is 0 Å². The number of nitrogens with two attached hydrogens (primary N) is 1. The van der Waals surface area contributed by atoms with Crippen LogP contribution >= 0.6 is 0 Å². The lowest BCUT2D eigenvalue weighted by Gasteiger charge is -2.33. The lowest BCUT2D eigenvalue weighted by atomic mass is 10.0. The molecular weight excluding hydrogens is 288 g/mol. The van der Waals surface area contributed by atoms with Gasteiger partial charge in [-0.05, 0) is 30.9 Å². The summed E-state index contributed by atoms with van der Waals surface area (Å²) < 4.78 is 28.1. The summed E-state index contributed by atoms with van der Waals surface area (Å²) in [6, 6.07) is 6.72. The van der Waals surface area contributed by atoms with E-state index in [0.717, 1.165) is 12.8 Å². The van der Waals surface area contributed by atoms with Crippen molar-refractivity contribution in [3.63, 3.8) is 0 Å². The molecule has 0 bridgehead atoms. The van der Waals surface area contributed by atoms with E-state index in [1.54, 1.807) is 24.3 Å². The maximum absolute atomic E-state index is 12.6. The molecule has 6 nitrogen and oxygen atoms in total. The molecule has 2 rings (SSSR count). The number of rotatable bonds is 4. The van der Waals surface area contributed by atoms with Gasteiger partial charge in [-0.25, -0.2) is 0 Å². The molecule has 1 aliphatic rings. The topological polar surface area (TPSA) is 90.5 Å². The zero-order chi connectivity index (χ0) is 15.6. The third kappa shape index (κ3) is 3.36. The van der Waals surface area contributed by atoms with Gasteiger partial charge in [0.05, 0.1) is 5.69 Å². The van der Waals surface area contributed by atoms with Crippen molar-refractivity contribution in [3.05, 3.63) is 29.8 Å². The van der Waals surface area contributed by atoms with Crippen molar-refractivity contribution >= 4 is 21.7 Å². The fraction of sp³-hybridized carbons (Fsp3) is 0.500. The highest BCUT2D eigenvalue weighted by molar-refractivity contribution is 7.90. The molecule has 116 valence electrons. The number of anilines is 1. The van der Waals surface area contributed by atoms with Gasteiger partial charge >= 0.3 is 10.2 Å². The smallest absolute Gasteiger partial charge is 0.303 e. The van der Waals surface area contributed by atoms with Crippen LogP contribution in [0.4, 0.5) is 5.69 Å². The van der Waals surface area contributed by atoms with E-state index in [-0.39, 0.29) is 5.84 Å². The Morgan fingerprint density at radius 1 is 1.38 bits per heavy atom. The zero-order valence-electron chi connectivity index (χ0n) is 12.4. The van der Waals surface area contributed by atoms with Crippen LogP contribution in [0.1, 0.15) is 25.3 Å². The number of piperidine rings is 1. The molecule has 1 aromatic rings. The van der Waals surface area contributed by atoms with Gasteiger partial charge in [-0.1, -0.05) is 19.1 Å². The van der Waals surface area contributed by atoms with Crippen LogP contribution in [0.25, 0.3) is 0 Å². The van der Waals surface area contributed by atoms with Gasteiger partial charge in [0.25, 0.3) is 0 Å². The first-order chi connectivity index (χ1) is 9.82. The van der Waals surface area contributed by atoms with E-state index in [4.69, 9.17) is 11.1 Å². The third-order valence-electron chi connectivity index (χ3n) is 3.94. The SMILES string of the molecule is CC1CCN(S(=O)(=O)N(C)c2cccc(C(=N)N)c2)CC1. The van der Waals surface area contributed by atoms with Crippen molar-refractivity contribution in [2.45, 2.75) is 19.8 Å². The molecule has 1 fully saturated rings. The van der Waals surface area contributed by atoms with Crippen molar-refractivity contribution in [2.75, 3.05) is 24.4 Å². The van der Waals surface area contributed by atoms with Crippen molar-refractivity contribution in [3.8, 4) is 0 Å². The molecule has 1 aromatic carbocycles. The third-order valence-corrected chi connectivity index (χ3v) is 5.86. The zero-order valence-corrected chi connectivity index (χ0v) is 13.2. The van der Waals surface area contributed by atoms with E-state index in [0.29, 0.717) is 30.3 Å². The van der Waals surface area contributed by atoms with E-state index in [9.17, 15) is 8.42 Å². The van der Waals surface area contributed by atoms with Gasteiger partial charge in [0, 0.05) is 25.7 Å². The molecule has 1 heterocycles. The number of nitrogen functional groups attached to an aromatic ring is 1. The second-order valence-electron chi connectivity index (χ2n) is 5.52. The fourth-order valence-corrected chi connectivity index (χ4v) is 3.79. The highest BCUT2D eigenvalue weighted by Crippen LogP contribution is 2.24. The first-order valence-electron chi connectivity index (χ1n) is 7.01. The summed E-state index contributed by atoms with van der Waals surface area (Å²) in [4.78, 5) is 0. The van der Waals surface area contributed by atoms with Gasteiger partial charge in [-0.3, -0.25) is 9.71 Å². The minimum atomic E-state index is -3.53. The number of hydrogen-bond acceptors (Lipinski definition) is 3. The van der Waals surface area contributed by atoms with Crippen LogP contribution in [0.5, 0.6) is 0 Å². The summed E-state index contributed by atoms with van der Waals surface area (Å²) in [5, 5.41) is 7.45. The highest BCUT2D eigenvalue weighted by Gasteiger charge is 2.30. The number of hydrogen-bond donors (Lipinski definition) is 2. The Balaban J connectivity index is 2.23. The van der Waals surface area contributed by atoms with E-state index < -0.39 is 10.2 Å². The molecule has 0 radical (unpaired) electrons. The highest BCUT2D eigenvalue weighted by atomic mass is 32.2. The summed E-state index contributed by atoms with van der Waals surface area (Å²) >= 11 is 0. The molecule has 0 saturated carbocycles. The lowest BCUT2D eigenvalue weighted by Crippen LogP contribution is -2.45. The predicted octanol–water partition coefficient (Wildman–Crippen LogP) is 1.38. The predicted molar refractivity (Wildman–Crippen MR) is 84.8 cm³/mol. The Morgan fingerprint density at radius 3 is 2.57 bits per heavy atom.